The first kappa shape index (κ1) is 16.1. The van der Waals surface area contributed by atoms with Crippen molar-refractivity contribution in [2.75, 3.05) is 45.3 Å². The van der Waals surface area contributed by atoms with Gasteiger partial charge in [0, 0.05) is 32.6 Å². The number of hydrogen-bond donors (Lipinski definition) is 0. The SMILES string of the molecule is CN(C)C(=O)COC[C@]12CCC[C@H]1CN(c1ncc(F)cn1)C2. The highest BCUT2D eigenvalue weighted by Gasteiger charge is 2.50. The molecule has 0 aromatic carbocycles. The van der Waals surface area contributed by atoms with Gasteiger partial charge < -0.3 is 14.5 Å². The maximum atomic E-state index is 13.0. The third-order valence-electron chi connectivity index (χ3n) is 5.04. The Kier molecular flexibility index (Phi) is 4.48. The highest BCUT2D eigenvalue weighted by Crippen LogP contribution is 2.49. The van der Waals surface area contributed by atoms with Crippen molar-refractivity contribution in [1.29, 1.82) is 0 Å². The van der Waals surface area contributed by atoms with Gasteiger partial charge in [0.05, 0.1) is 19.0 Å². The zero-order valence-corrected chi connectivity index (χ0v) is 13.7. The molecule has 1 aromatic heterocycles. The minimum Gasteiger partial charge on any atom is -0.371 e. The second-order valence-corrected chi connectivity index (χ2v) is 6.81. The maximum absolute atomic E-state index is 13.0. The Morgan fingerprint density at radius 1 is 1.48 bits per heavy atom. The van der Waals surface area contributed by atoms with Crippen LogP contribution in [0.25, 0.3) is 0 Å². The third kappa shape index (κ3) is 3.29. The van der Waals surface area contributed by atoms with Crippen molar-refractivity contribution in [2.24, 2.45) is 11.3 Å². The Morgan fingerprint density at radius 2 is 2.22 bits per heavy atom. The molecule has 3 rings (SSSR count). The normalized spacial score (nSPS) is 26.4. The molecule has 1 aliphatic carbocycles. The molecule has 0 N–H and O–H groups in total. The van der Waals surface area contributed by atoms with Crippen LogP contribution in [0.1, 0.15) is 19.3 Å². The molecule has 0 bridgehead atoms. The molecule has 7 heteroatoms. The van der Waals surface area contributed by atoms with Crippen molar-refractivity contribution in [3.8, 4) is 0 Å². The highest BCUT2D eigenvalue weighted by molar-refractivity contribution is 5.76. The van der Waals surface area contributed by atoms with E-state index in [4.69, 9.17) is 4.74 Å². The predicted molar refractivity (Wildman–Crippen MR) is 83.5 cm³/mol. The van der Waals surface area contributed by atoms with Gasteiger partial charge in [-0.1, -0.05) is 6.42 Å². The van der Waals surface area contributed by atoms with Crippen LogP contribution in [0, 0.1) is 17.2 Å². The minimum absolute atomic E-state index is 0.0207. The lowest BCUT2D eigenvalue weighted by molar-refractivity contribution is -0.134. The molecule has 1 amide bonds. The van der Waals surface area contributed by atoms with Crippen molar-refractivity contribution >= 4 is 11.9 Å². The summed E-state index contributed by atoms with van der Waals surface area (Å²) in [5.41, 5.74) is 0.0599. The summed E-state index contributed by atoms with van der Waals surface area (Å²) in [5, 5.41) is 0. The fraction of sp³-hybridized carbons (Fsp3) is 0.688. The van der Waals surface area contributed by atoms with Crippen LogP contribution in [0.4, 0.5) is 10.3 Å². The van der Waals surface area contributed by atoms with E-state index in [1.165, 1.54) is 23.7 Å². The number of anilines is 1. The number of aromatic nitrogens is 2. The first-order valence-electron chi connectivity index (χ1n) is 8.00. The topological polar surface area (TPSA) is 58.6 Å². The van der Waals surface area contributed by atoms with E-state index in [0.717, 1.165) is 25.9 Å². The van der Waals surface area contributed by atoms with Crippen molar-refractivity contribution in [1.82, 2.24) is 14.9 Å². The third-order valence-corrected chi connectivity index (χ3v) is 5.04. The van der Waals surface area contributed by atoms with Crippen LogP contribution in [0.3, 0.4) is 0 Å². The molecule has 0 radical (unpaired) electrons. The van der Waals surface area contributed by atoms with Gasteiger partial charge in [-0.2, -0.15) is 0 Å². The number of ether oxygens (including phenoxy) is 1. The van der Waals surface area contributed by atoms with Crippen molar-refractivity contribution in [3.05, 3.63) is 18.2 Å². The van der Waals surface area contributed by atoms with Crippen LogP contribution >= 0.6 is 0 Å². The summed E-state index contributed by atoms with van der Waals surface area (Å²) in [6, 6.07) is 0. The summed E-state index contributed by atoms with van der Waals surface area (Å²) in [6.45, 7) is 2.37. The number of rotatable bonds is 5. The maximum Gasteiger partial charge on any atom is 0.248 e. The molecule has 0 unspecified atom stereocenters. The molecule has 1 aliphatic heterocycles. The first-order valence-corrected chi connectivity index (χ1v) is 8.00. The molecule has 2 atom stereocenters. The molecule has 126 valence electrons. The van der Waals surface area contributed by atoms with E-state index < -0.39 is 5.82 Å². The number of nitrogens with zero attached hydrogens (tertiary/aromatic N) is 4. The number of carbonyl (C=O) groups excluding carboxylic acids is 1. The minimum atomic E-state index is -0.423. The predicted octanol–water partition coefficient (Wildman–Crippen LogP) is 1.33. The molecule has 1 aromatic rings. The largest absolute Gasteiger partial charge is 0.371 e. The van der Waals surface area contributed by atoms with Crippen molar-refractivity contribution in [2.45, 2.75) is 19.3 Å². The van der Waals surface area contributed by atoms with Gasteiger partial charge in [-0.25, -0.2) is 14.4 Å². The van der Waals surface area contributed by atoms with Crippen LogP contribution in [0.15, 0.2) is 12.4 Å². The van der Waals surface area contributed by atoms with E-state index in [0.29, 0.717) is 18.5 Å². The number of halogens is 1. The molecule has 6 nitrogen and oxygen atoms in total. The van der Waals surface area contributed by atoms with E-state index in [1.54, 1.807) is 14.1 Å². The van der Waals surface area contributed by atoms with Gasteiger partial charge in [0.15, 0.2) is 5.82 Å². The fourth-order valence-corrected chi connectivity index (χ4v) is 3.74. The van der Waals surface area contributed by atoms with E-state index in [2.05, 4.69) is 14.9 Å². The van der Waals surface area contributed by atoms with Crippen molar-refractivity contribution < 1.29 is 13.9 Å². The van der Waals surface area contributed by atoms with E-state index in [-0.39, 0.29) is 17.9 Å². The van der Waals surface area contributed by atoms with E-state index >= 15 is 0 Å². The molecule has 1 saturated heterocycles. The van der Waals surface area contributed by atoms with Gasteiger partial charge in [0.25, 0.3) is 0 Å². The van der Waals surface area contributed by atoms with Gasteiger partial charge in [-0.15, -0.1) is 0 Å². The molecule has 2 heterocycles. The molecule has 1 saturated carbocycles. The Hall–Kier alpha value is -1.76. The average Bonchev–Trinajstić information content (AvgIpc) is 3.04. The summed E-state index contributed by atoms with van der Waals surface area (Å²) >= 11 is 0. The second kappa shape index (κ2) is 6.39. The number of carbonyl (C=O) groups is 1. The summed E-state index contributed by atoms with van der Waals surface area (Å²) < 4.78 is 18.7. The van der Waals surface area contributed by atoms with E-state index in [9.17, 15) is 9.18 Å². The molecule has 2 fully saturated rings. The lowest BCUT2D eigenvalue weighted by Gasteiger charge is -2.28. The first-order chi connectivity index (χ1) is 11.0. The Morgan fingerprint density at radius 3 is 2.91 bits per heavy atom. The van der Waals surface area contributed by atoms with Crippen LogP contribution in [-0.4, -0.2) is 61.2 Å². The van der Waals surface area contributed by atoms with Gasteiger partial charge in [-0.05, 0) is 18.8 Å². The Balaban J connectivity index is 1.63. The van der Waals surface area contributed by atoms with Gasteiger partial charge in [0.1, 0.15) is 6.61 Å². The number of fused-ring (bicyclic) bond motifs is 1. The van der Waals surface area contributed by atoms with Crippen LogP contribution < -0.4 is 4.90 Å². The van der Waals surface area contributed by atoms with Gasteiger partial charge >= 0.3 is 0 Å². The number of hydrogen-bond acceptors (Lipinski definition) is 5. The summed E-state index contributed by atoms with van der Waals surface area (Å²) in [6.07, 6.45) is 5.84. The zero-order valence-electron chi connectivity index (χ0n) is 13.7. The molecular formula is C16H23FN4O2. The van der Waals surface area contributed by atoms with Crippen LogP contribution in [0.5, 0.6) is 0 Å². The van der Waals surface area contributed by atoms with Gasteiger partial charge in [-0.3, -0.25) is 4.79 Å². The van der Waals surface area contributed by atoms with Crippen molar-refractivity contribution in [3.63, 3.8) is 0 Å². The van der Waals surface area contributed by atoms with Crippen LogP contribution in [-0.2, 0) is 9.53 Å². The summed E-state index contributed by atoms with van der Waals surface area (Å²) in [4.78, 5) is 23.5. The lowest BCUT2D eigenvalue weighted by Crippen LogP contribution is -2.35. The Bertz CT molecular complexity index is 566. The zero-order chi connectivity index (χ0) is 16.4. The number of likely N-dealkylation sites (N-methyl/N-ethyl adjacent to an activating group) is 1. The summed E-state index contributed by atoms with van der Waals surface area (Å²) in [7, 11) is 3.46. The number of amides is 1. The fourth-order valence-electron chi connectivity index (χ4n) is 3.74. The smallest absolute Gasteiger partial charge is 0.248 e. The second-order valence-electron chi connectivity index (χ2n) is 6.81. The Labute approximate surface area is 135 Å². The van der Waals surface area contributed by atoms with E-state index in [1.807, 2.05) is 0 Å². The molecular weight excluding hydrogens is 299 g/mol. The lowest BCUT2D eigenvalue weighted by atomic mass is 9.82. The van der Waals surface area contributed by atoms with Crippen LogP contribution in [0.2, 0.25) is 0 Å². The highest BCUT2D eigenvalue weighted by atomic mass is 19.1. The molecule has 23 heavy (non-hydrogen) atoms. The van der Waals surface area contributed by atoms with Gasteiger partial charge in [0.2, 0.25) is 11.9 Å². The molecule has 0 spiro atoms. The molecule has 2 aliphatic rings. The summed E-state index contributed by atoms with van der Waals surface area (Å²) in [5.74, 6) is 0.649. The monoisotopic (exact) mass is 322 g/mol. The standard InChI is InChI=1S/C16H23FN4O2/c1-20(2)14(22)9-23-11-16-5-3-4-12(16)8-21(10-16)15-18-6-13(17)7-19-15/h6-7,12H,3-5,8-11H2,1-2H3/t12-,16+/m0/s1. The quantitative estimate of drug-likeness (QED) is 0.818. The average molecular weight is 322 g/mol.